The highest BCUT2D eigenvalue weighted by Crippen LogP contribution is 2.23. The van der Waals surface area contributed by atoms with Gasteiger partial charge >= 0.3 is 0 Å². The lowest BCUT2D eigenvalue weighted by atomic mass is 10.1. The second-order valence-corrected chi connectivity index (χ2v) is 4.55. The monoisotopic (exact) mass is 267 g/mol. The van der Waals surface area contributed by atoms with Crippen LogP contribution in [0.25, 0.3) is 0 Å². The first-order chi connectivity index (χ1) is 8.59. The highest BCUT2D eigenvalue weighted by Gasteiger charge is 2.24. The highest BCUT2D eigenvalue weighted by molar-refractivity contribution is 6.36. The highest BCUT2D eigenvalue weighted by atomic mass is 35.5. The Balaban J connectivity index is 2.12. The molecule has 0 aliphatic carbocycles. The van der Waals surface area contributed by atoms with E-state index in [4.69, 9.17) is 17.3 Å². The van der Waals surface area contributed by atoms with Gasteiger partial charge in [-0.2, -0.15) is 0 Å². The van der Waals surface area contributed by atoms with Gasteiger partial charge in [-0.15, -0.1) is 0 Å². The van der Waals surface area contributed by atoms with Crippen molar-refractivity contribution in [2.24, 2.45) is 0 Å². The van der Waals surface area contributed by atoms with Crippen LogP contribution in [-0.4, -0.2) is 24.4 Å². The number of nitrogens with two attached hydrogens (primary N) is 1. The van der Waals surface area contributed by atoms with Gasteiger partial charge in [0.1, 0.15) is 6.04 Å². The van der Waals surface area contributed by atoms with Gasteiger partial charge in [-0.1, -0.05) is 17.7 Å². The number of halogens is 1. The SMILES string of the molecule is Nc1cccc(C(=O)NC2CCCNC2=O)c1Cl. The predicted molar refractivity (Wildman–Crippen MR) is 69.4 cm³/mol. The van der Waals surface area contributed by atoms with Crippen LogP contribution in [0.5, 0.6) is 0 Å². The van der Waals surface area contributed by atoms with Gasteiger partial charge in [-0.25, -0.2) is 0 Å². The van der Waals surface area contributed by atoms with Crippen LogP contribution in [-0.2, 0) is 4.79 Å². The summed E-state index contributed by atoms with van der Waals surface area (Å²) in [5.74, 6) is -0.538. The molecule has 1 aromatic rings. The maximum absolute atomic E-state index is 12.0. The largest absolute Gasteiger partial charge is 0.398 e. The molecule has 1 aliphatic rings. The maximum Gasteiger partial charge on any atom is 0.253 e. The van der Waals surface area contributed by atoms with E-state index in [9.17, 15) is 9.59 Å². The molecule has 1 saturated heterocycles. The number of nitrogens with one attached hydrogen (secondary N) is 2. The first kappa shape index (κ1) is 12.7. The quantitative estimate of drug-likeness (QED) is 0.697. The van der Waals surface area contributed by atoms with Crippen molar-refractivity contribution in [3.05, 3.63) is 28.8 Å². The number of hydrogen-bond acceptors (Lipinski definition) is 3. The maximum atomic E-state index is 12.0. The van der Waals surface area contributed by atoms with E-state index in [-0.39, 0.29) is 22.4 Å². The summed E-state index contributed by atoms with van der Waals surface area (Å²) in [6.45, 7) is 0.657. The van der Waals surface area contributed by atoms with Gasteiger partial charge in [0.2, 0.25) is 5.91 Å². The molecule has 0 radical (unpaired) electrons. The zero-order chi connectivity index (χ0) is 13.1. The van der Waals surface area contributed by atoms with Crippen LogP contribution in [0.3, 0.4) is 0 Å². The zero-order valence-corrected chi connectivity index (χ0v) is 10.5. The van der Waals surface area contributed by atoms with E-state index in [1.54, 1.807) is 18.2 Å². The van der Waals surface area contributed by atoms with Crippen molar-refractivity contribution in [2.75, 3.05) is 12.3 Å². The second-order valence-electron chi connectivity index (χ2n) is 4.17. The molecule has 4 N–H and O–H groups in total. The molecule has 1 aliphatic heterocycles. The van der Waals surface area contributed by atoms with Crippen LogP contribution in [0, 0.1) is 0 Å². The van der Waals surface area contributed by atoms with Crippen LogP contribution in [0.15, 0.2) is 18.2 Å². The van der Waals surface area contributed by atoms with Gasteiger partial charge in [-0.05, 0) is 25.0 Å². The topological polar surface area (TPSA) is 84.2 Å². The average molecular weight is 268 g/mol. The molecule has 0 spiro atoms. The summed E-state index contributed by atoms with van der Waals surface area (Å²) in [7, 11) is 0. The lowest BCUT2D eigenvalue weighted by Gasteiger charge is -2.23. The molecule has 1 unspecified atom stereocenters. The van der Waals surface area contributed by atoms with E-state index >= 15 is 0 Å². The number of carbonyl (C=O) groups excluding carboxylic acids is 2. The lowest BCUT2D eigenvalue weighted by Crippen LogP contribution is -2.50. The smallest absolute Gasteiger partial charge is 0.253 e. The van der Waals surface area contributed by atoms with Gasteiger partial charge in [0, 0.05) is 6.54 Å². The molecule has 0 aromatic heterocycles. The molecule has 1 fully saturated rings. The number of carbonyl (C=O) groups is 2. The van der Waals surface area contributed by atoms with Crippen molar-refractivity contribution in [1.29, 1.82) is 0 Å². The Bertz CT molecular complexity index is 490. The zero-order valence-electron chi connectivity index (χ0n) is 9.70. The molecular formula is C12H14ClN3O2. The summed E-state index contributed by atoms with van der Waals surface area (Å²) < 4.78 is 0. The van der Waals surface area contributed by atoms with Crippen LogP contribution < -0.4 is 16.4 Å². The summed E-state index contributed by atoms with van der Waals surface area (Å²) in [5, 5.41) is 5.58. The molecule has 1 heterocycles. The van der Waals surface area contributed by atoms with Gasteiger partial charge in [0.05, 0.1) is 16.3 Å². The van der Waals surface area contributed by atoms with Gasteiger partial charge in [0.25, 0.3) is 5.91 Å². The van der Waals surface area contributed by atoms with Crippen LogP contribution in [0.4, 0.5) is 5.69 Å². The molecule has 2 amide bonds. The van der Waals surface area contributed by atoms with E-state index in [0.29, 0.717) is 18.7 Å². The van der Waals surface area contributed by atoms with Gasteiger partial charge in [0.15, 0.2) is 0 Å². The molecule has 1 aromatic carbocycles. The van der Waals surface area contributed by atoms with Crippen LogP contribution in [0.2, 0.25) is 5.02 Å². The molecule has 0 saturated carbocycles. The average Bonchev–Trinajstić information content (AvgIpc) is 2.35. The second kappa shape index (κ2) is 5.27. The molecular weight excluding hydrogens is 254 g/mol. The third-order valence-electron chi connectivity index (χ3n) is 2.86. The van der Waals surface area contributed by atoms with Crippen molar-refractivity contribution in [1.82, 2.24) is 10.6 Å². The lowest BCUT2D eigenvalue weighted by molar-refractivity contribution is -0.124. The fraction of sp³-hybridized carbons (Fsp3) is 0.333. The number of anilines is 1. The predicted octanol–water partition coefficient (Wildman–Crippen LogP) is 0.931. The first-order valence-corrected chi connectivity index (χ1v) is 6.10. The number of rotatable bonds is 2. The van der Waals surface area contributed by atoms with Crippen molar-refractivity contribution in [2.45, 2.75) is 18.9 Å². The summed E-state index contributed by atoms with van der Waals surface area (Å²) >= 11 is 5.96. The fourth-order valence-electron chi connectivity index (χ4n) is 1.87. The molecule has 18 heavy (non-hydrogen) atoms. The Morgan fingerprint density at radius 3 is 3.00 bits per heavy atom. The number of nitrogen functional groups attached to an aromatic ring is 1. The van der Waals surface area contributed by atoms with E-state index in [1.165, 1.54) is 0 Å². The normalized spacial score (nSPS) is 19.2. The van der Waals surface area contributed by atoms with Crippen molar-refractivity contribution < 1.29 is 9.59 Å². The van der Waals surface area contributed by atoms with E-state index in [0.717, 1.165) is 6.42 Å². The van der Waals surface area contributed by atoms with E-state index < -0.39 is 6.04 Å². The summed E-state index contributed by atoms with van der Waals surface area (Å²) in [4.78, 5) is 23.5. The summed E-state index contributed by atoms with van der Waals surface area (Å²) in [6, 6.07) is 4.35. The van der Waals surface area contributed by atoms with E-state index in [2.05, 4.69) is 10.6 Å². The molecule has 5 nitrogen and oxygen atoms in total. The Labute approximate surface area is 110 Å². The minimum absolute atomic E-state index is 0.158. The van der Waals surface area contributed by atoms with Crippen molar-refractivity contribution in [3.63, 3.8) is 0 Å². The molecule has 1 atom stereocenters. The Morgan fingerprint density at radius 2 is 2.28 bits per heavy atom. The van der Waals surface area contributed by atoms with Gasteiger partial charge in [-0.3, -0.25) is 9.59 Å². The standard InChI is InChI=1S/C12H14ClN3O2/c13-10-7(3-1-4-8(10)14)11(17)16-9-5-2-6-15-12(9)18/h1,3-4,9H,2,5-6,14H2,(H,15,18)(H,16,17). The summed E-state index contributed by atoms with van der Waals surface area (Å²) in [6.07, 6.45) is 1.48. The van der Waals surface area contributed by atoms with Crippen LogP contribution >= 0.6 is 11.6 Å². The van der Waals surface area contributed by atoms with Gasteiger partial charge < -0.3 is 16.4 Å². The molecule has 96 valence electrons. The molecule has 2 rings (SSSR count). The first-order valence-electron chi connectivity index (χ1n) is 5.72. The summed E-state index contributed by atoms with van der Waals surface area (Å²) in [5.41, 5.74) is 6.26. The Kier molecular flexibility index (Phi) is 3.72. The minimum Gasteiger partial charge on any atom is -0.398 e. The minimum atomic E-state index is -0.497. The van der Waals surface area contributed by atoms with Crippen molar-refractivity contribution >= 4 is 29.1 Å². The number of benzene rings is 1. The Hall–Kier alpha value is -1.75. The number of piperidine rings is 1. The van der Waals surface area contributed by atoms with Crippen molar-refractivity contribution in [3.8, 4) is 0 Å². The number of hydrogen-bond donors (Lipinski definition) is 3. The third-order valence-corrected chi connectivity index (χ3v) is 3.29. The third kappa shape index (κ3) is 2.56. The molecule has 6 heteroatoms. The van der Waals surface area contributed by atoms with Crippen LogP contribution in [0.1, 0.15) is 23.2 Å². The fourth-order valence-corrected chi connectivity index (χ4v) is 2.08. The van der Waals surface area contributed by atoms with E-state index in [1.807, 2.05) is 0 Å². The number of amides is 2. The molecule has 0 bridgehead atoms. The Morgan fingerprint density at radius 1 is 1.50 bits per heavy atom.